The highest BCUT2D eigenvalue weighted by Gasteiger charge is 2.19. The molecule has 0 bridgehead atoms. The van der Waals surface area contributed by atoms with Crippen LogP contribution in [-0.2, 0) is 0 Å². The SMILES string of the molecule is O=C(NC1CNC1)c1ccc(F)cc1. The second-order valence-corrected chi connectivity index (χ2v) is 3.34. The number of halogens is 1. The van der Waals surface area contributed by atoms with Gasteiger partial charge in [-0.2, -0.15) is 0 Å². The predicted octanol–water partition coefficient (Wildman–Crippen LogP) is 0.527. The molecule has 1 aromatic carbocycles. The molecule has 1 heterocycles. The molecule has 1 saturated heterocycles. The van der Waals surface area contributed by atoms with E-state index < -0.39 is 0 Å². The molecular weight excluding hydrogens is 183 g/mol. The number of hydrogen-bond donors (Lipinski definition) is 2. The van der Waals surface area contributed by atoms with Crippen LogP contribution in [0.4, 0.5) is 4.39 Å². The summed E-state index contributed by atoms with van der Waals surface area (Å²) < 4.78 is 12.5. The number of carbonyl (C=O) groups is 1. The van der Waals surface area contributed by atoms with E-state index in [4.69, 9.17) is 0 Å². The zero-order chi connectivity index (χ0) is 9.97. The van der Waals surface area contributed by atoms with Crippen molar-refractivity contribution in [2.45, 2.75) is 6.04 Å². The largest absolute Gasteiger partial charge is 0.347 e. The molecule has 0 unspecified atom stereocenters. The van der Waals surface area contributed by atoms with E-state index in [9.17, 15) is 9.18 Å². The Kier molecular flexibility index (Phi) is 2.45. The topological polar surface area (TPSA) is 41.1 Å². The first-order chi connectivity index (χ1) is 6.75. The molecule has 74 valence electrons. The number of hydrogen-bond acceptors (Lipinski definition) is 2. The molecule has 0 radical (unpaired) electrons. The molecule has 1 amide bonds. The summed E-state index contributed by atoms with van der Waals surface area (Å²) >= 11 is 0. The van der Waals surface area contributed by atoms with Crippen molar-refractivity contribution < 1.29 is 9.18 Å². The van der Waals surface area contributed by atoms with Gasteiger partial charge in [0, 0.05) is 18.7 Å². The fraction of sp³-hybridized carbons (Fsp3) is 0.300. The minimum absolute atomic E-state index is 0.142. The van der Waals surface area contributed by atoms with Gasteiger partial charge in [0.05, 0.1) is 6.04 Å². The average molecular weight is 194 g/mol. The van der Waals surface area contributed by atoms with Crippen molar-refractivity contribution in [2.75, 3.05) is 13.1 Å². The van der Waals surface area contributed by atoms with Gasteiger partial charge < -0.3 is 10.6 Å². The Morgan fingerprint density at radius 3 is 2.50 bits per heavy atom. The van der Waals surface area contributed by atoms with Crippen molar-refractivity contribution in [3.63, 3.8) is 0 Å². The van der Waals surface area contributed by atoms with Crippen LogP contribution in [0, 0.1) is 5.82 Å². The molecule has 3 nitrogen and oxygen atoms in total. The summed E-state index contributed by atoms with van der Waals surface area (Å²) in [5.74, 6) is -0.469. The Morgan fingerprint density at radius 2 is 2.00 bits per heavy atom. The molecule has 0 saturated carbocycles. The Balaban J connectivity index is 1.99. The Hall–Kier alpha value is -1.42. The fourth-order valence-corrected chi connectivity index (χ4v) is 1.26. The second-order valence-electron chi connectivity index (χ2n) is 3.34. The highest BCUT2D eigenvalue weighted by atomic mass is 19.1. The summed E-state index contributed by atoms with van der Waals surface area (Å²) in [5, 5.41) is 5.88. The molecule has 1 aromatic rings. The van der Waals surface area contributed by atoms with Crippen LogP contribution in [0.1, 0.15) is 10.4 Å². The quantitative estimate of drug-likeness (QED) is 0.721. The third kappa shape index (κ3) is 1.90. The van der Waals surface area contributed by atoms with E-state index in [0.29, 0.717) is 5.56 Å². The molecule has 2 N–H and O–H groups in total. The van der Waals surface area contributed by atoms with E-state index in [1.807, 2.05) is 0 Å². The molecule has 0 aromatic heterocycles. The Bertz CT molecular complexity index is 332. The summed E-state index contributed by atoms with van der Waals surface area (Å²) in [5.41, 5.74) is 0.498. The fourth-order valence-electron chi connectivity index (χ4n) is 1.26. The molecule has 4 heteroatoms. The van der Waals surface area contributed by atoms with Gasteiger partial charge in [-0.1, -0.05) is 0 Å². The van der Waals surface area contributed by atoms with Gasteiger partial charge in [0.25, 0.3) is 5.91 Å². The Labute approximate surface area is 81.3 Å². The van der Waals surface area contributed by atoms with Crippen molar-refractivity contribution in [2.24, 2.45) is 0 Å². The number of benzene rings is 1. The van der Waals surface area contributed by atoms with E-state index in [-0.39, 0.29) is 17.8 Å². The first-order valence-corrected chi connectivity index (χ1v) is 4.53. The zero-order valence-electron chi connectivity index (χ0n) is 7.59. The monoisotopic (exact) mass is 194 g/mol. The maximum absolute atomic E-state index is 12.5. The van der Waals surface area contributed by atoms with Gasteiger partial charge in [-0.25, -0.2) is 4.39 Å². The lowest BCUT2D eigenvalue weighted by atomic mass is 10.1. The molecular formula is C10H11FN2O. The van der Waals surface area contributed by atoms with Crippen LogP contribution in [0.15, 0.2) is 24.3 Å². The predicted molar refractivity (Wildman–Crippen MR) is 50.5 cm³/mol. The van der Waals surface area contributed by atoms with E-state index in [0.717, 1.165) is 13.1 Å². The lowest BCUT2D eigenvalue weighted by molar-refractivity contribution is 0.0924. The van der Waals surface area contributed by atoms with Gasteiger partial charge in [0.1, 0.15) is 5.82 Å². The molecule has 2 rings (SSSR count). The van der Waals surface area contributed by atoms with Crippen LogP contribution in [0.3, 0.4) is 0 Å². The van der Waals surface area contributed by atoms with E-state index in [1.165, 1.54) is 24.3 Å². The maximum atomic E-state index is 12.5. The first kappa shape index (κ1) is 9.15. The highest BCUT2D eigenvalue weighted by Crippen LogP contribution is 2.03. The minimum atomic E-state index is -0.327. The van der Waals surface area contributed by atoms with Gasteiger partial charge in [-0.15, -0.1) is 0 Å². The van der Waals surface area contributed by atoms with Crippen molar-refractivity contribution in [1.82, 2.24) is 10.6 Å². The van der Waals surface area contributed by atoms with Crippen molar-refractivity contribution in [1.29, 1.82) is 0 Å². The summed E-state index contributed by atoms with van der Waals surface area (Å²) in [6.07, 6.45) is 0. The van der Waals surface area contributed by atoms with Crippen LogP contribution in [0.5, 0.6) is 0 Å². The number of nitrogens with one attached hydrogen (secondary N) is 2. The highest BCUT2D eigenvalue weighted by molar-refractivity contribution is 5.94. The minimum Gasteiger partial charge on any atom is -0.347 e. The number of rotatable bonds is 2. The van der Waals surface area contributed by atoms with E-state index in [2.05, 4.69) is 10.6 Å². The maximum Gasteiger partial charge on any atom is 0.251 e. The summed E-state index contributed by atoms with van der Waals surface area (Å²) in [4.78, 5) is 11.5. The lowest BCUT2D eigenvalue weighted by Gasteiger charge is -2.27. The van der Waals surface area contributed by atoms with Gasteiger partial charge in [0.2, 0.25) is 0 Å². The molecule has 0 atom stereocenters. The molecule has 14 heavy (non-hydrogen) atoms. The lowest BCUT2D eigenvalue weighted by Crippen LogP contribution is -2.56. The standard InChI is InChI=1S/C10H11FN2O/c11-8-3-1-7(2-4-8)10(14)13-9-5-12-6-9/h1-4,9,12H,5-6H2,(H,13,14). The third-order valence-corrected chi connectivity index (χ3v) is 2.22. The van der Waals surface area contributed by atoms with Crippen LogP contribution < -0.4 is 10.6 Å². The van der Waals surface area contributed by atoms with Crippen LogP contribution in [-0.4, -0.2) is 25.0 Å². The zero-order valence-corrected chi connectivity index (χ0v) is 7.59. The van der Waals surface area contributed by atoms with Gasteiger partial charge >= 0.3 is 0 Å². The molecule has 1 aliphatic rings. The van der Waals surface area contributed by atoms with Crippen LogP contribution in [0.2, 0.25) is 0 Å². The normalized spacial score (nSPS) is 16.1. The van der Waals surface area contributed by atoms with Crippen molar-refractivity contribution >= 4 is 5.91 Å². The summed E-state index contributed by atoms with van der Waals surface area (Å²) in [6, 6.07) is 5.75. The van der Waals surface area contributed by atoms with E-state index in [1.54, 1.807) is 0 Å². The summed E-state index contributed by atoms with van der Waals surface area (Å²) in [7, 11) is 0. The van der Waals surface area contributed by atoms with Gasteiger partial charge in [-0.05, 0) is 24.3 Å². The van der Waals surface area contributed by atoms with Gasteiger partial charge in [-0.3, -0.25) is 4.79 Å². The van der Waals surface area contributed by atoms with Gasteiger partial charge in [0.15, 0.2) is 0 Å². The number of amides is 1. The van der Waals surface area contributed by atoms with Crippen molar-refractivity contribution in [3.05, 3.63) is 35.6 Å². The smallest absolute Gasteiger partial charge is 0.251 e. The molecule has 0 aliphatic carbocycles. The number of carbonyl (C=O) groups excluding carboxylic acids is 1. The second kappa shape index (κ2) is 3.75. The van der Waals surface area contributed by atoms with Crippen LogP contribution >= 0.6 is 0 Å². The summed E-state index contributed by atoms with van der Waals surface area (Å²) in [6.45, 7) is 1.62. The van der Waals surface area contributed by atoms with E-state index >= 15 is 0 Å². The van der Waals surface area contributed by atoms with Crippen LogP contribution in [0.25, 0.3) is 0 Å². The molecule has 1 aliphatic heterocycles. The molecule has 0 spiro atoms. The average Bonchev–Trinajstić information content (AvgIpc) is 2.12. The third-order valence-electron chi connectivity index (χ3n) is 2.22. The first-order valence-electron chi connectivity index (χ1n) is 4.53. The van der Waals surface area contributed by atoms with Crippen molar-refractivity contribution in [3.8, 4) is 0 Å². The molecule has 1 fully saturated rings. The Morgan fingerprint density at radius 1 is 1.36 bits per heavy atom.